The fourth-order valence-electron chi connectivity index (χ4n) is 6.02. The van der Waals surface area contributed by atoms with Crippen LogP contribution in [0.15, 0.2) is 35.5 Å². The Bertz CT molecular complexity index is 591. The summed E-state index contributed by atoms with van der Waals surface area (Å²) < 4.78 is 25.8. The van der Waals surface area contributed by atoms with E-state index < -0.39 is 12.5 Å². The van der Waals surface area contributed by atoms with E-state index in [0.29, 0.717) is 18.3 Å². The summed E-state index contributed by atoms with van der Waals surface area (Å²) in [4.78, 5) is 0. The van der Waals surface area contributed by atoms with Gasteiger partial charge >= 0.3 is 0 Å². The molecular formula is C23H34F2O. The lowest BCUT2D eigenvalue weighted by atomic mass is 9.61. The van der Waals surface area contributed by atoms with Crippen LogP contribution in [0.1, 0.15) is 71.6 Å². The molecule has 0 heterocycles. The first kappa shape index (κ1) is 19.8. The minimum Gasteiger partial charge on any atom is -0.388 e. The monoisotopic (exact) mass is 364 g/mol. The Morgan fingerprint density at radius 2 is 2.00 bits per heavy atom. The van der Waals surface area contributed by atoms with Gasteiger partial charge in [-0.3, -0.25) is 0 Å². The molecule has 0 amide bonds. The van der Waals surface area contributed by atoms with Gasteiger partial charge in [0.15, 0.2) is 0 Å². The van der Waals surface area contributed by atoms with Gasteiger partial charge < -0.3 is 5.11 Å². The Hall–Kier alpha value is -0.960. The van der Waals surface area contributed by atoms with Gasteiger partial charge in [-0.2, -0.15) is 0 Å². The van der Waals surface area contributed by atoms with E-state index in [-0.39, 0.29) is 17.8 Å². The third-order valence-electron chi connectivity index (χ3n) is 7.50. The molecular weight excluding hydrogens is 330 g/mol. The average Bonchev–Trinajstić information content (AvgIpc) is 2.93. The van der Waals surface area contributed by atoms with E-state index in [1.54, 1.807) is 0 Å². The first-order valence-electron chi connectivity index (χ1n) is 10.3. The van der Waals surface area contributed by atoms with Crippen LogP contribution in [0.25, 0.3) is 0 Å². The predicted molar refractivity (Wildman–Crippen MR) is 103 cm³/mol. The lowest BCUT2D eigenvalue weighted by Gasteiger charge is -2.44. The van der Waals surface area contributed by atoms with Crippen LogP contribution in [0.2, 0.25) is 0 Å². The van der Waals surface area contributed by atoms with Crippen LogP contribution >= 0.6 is 0 Å². The van der Waals surface area contributed by atoms with Gasteiger partial charge in [-0.25, -0.2) is 8.78 Å². The number of rotatable bonds is 4. The highest BCUT2D eigenvalue weighted by Crippen LogP contribution is 2.59. The van der Waals surface area contributed by atoms with Gasteiger partial charge in [0, 0.05) is 6.42 Å². The summed E-state index contributed by atoms with van der Waals surface area (Å²) in [5, 5.41) is 10.0. The van der Waals surface area contributed by atoms with Crippen LogP contribution in [0, 0.1) is 23.2 Å². The third-order valence-corrected chi connectivity index (χ3v) is 7.50. The molecule has 4 unspecified atom stereocenters. The predicted octanol–water partition coefficient (Wildman–Crippen LogP) is 6.45. The summed E-state index contributed by atoms with van der Waals surface area (Å²) in [6.07, 6.45) is 10.3. The van der Waals surface area contributed by atoms with Gasteiger partial charge in [-0.1, -0.05) is 43.7 Å². The topological polar surface area (TPSA) is 20.2 Å². The average molecular weight is 365 g/mol. The number of allylic oxidation sites excluding steroid dienone is 3. The number of halogens is 2. The Morgan fingerprint density at radius 3 is 2.69 bits per heavy atom. The third kappa shape index (κ3) is 3.98. The molecule has 0 aromatic carbocycles. The second-order valence-electron chi connectivity index (χ2n) is 9.14. The van der Waals surface area contributed by atoms with Crippen molar-refractivity contribution < 1.29 is 13.9 Å². The summed E-state index contributed by atoms with van der Waals surface area (Å²) >= 11 is 0. The van der Waals surface area contributed by atoms with E-state index in [2.05, 4.69) is 25.7 Å². The van der Waals surface area contributed by atoms with Crippen molar-refractivity contribution in [3.05, 3.63) is 35.5 Å². The van der Waals surface area contributed by atoms with Crippen molar-refractivity contribution in [2.24, 2.45) is 23.2 Å². The molecule has 0 saturated heterocycles. The van der Waals surface area contributed by atoms with Crippen LogP contribution in [0.3, 0.4) is 0 Å². The zero-order valence-corrected chi connectivity index (χ0v) is 16.3. The molecule has 146 valence electrons. The molecule has 5 atom stereocenters. The van der Waals surface area contributed by atoms with Crippen LogP contribution in [0.5, 0.6) is 0 Å². The number of hydrogen-bond acceptors (Lipinski definition) is 1. The lowest BCUT2D eigenvalue weighted by molar-refractivity contribution is 0.0522. The molecule has 1 N–H and O–H groups in total. The van der Waals surface area contributed by atoms with E-state index >= 15 is 0 Å². The Labute approximate surface area is 157 Å². The maximum absolute atomic E-state index is 12.9. The molecule has 0 bridgehead atoms. The number of alkyl halides is 2. The molecule has 0 aliphatic heterocycles. The summed E-state index contributed by atoms with van der Waals surface area (Å²) in [7, 11) is 0. The molecule has 1 nitrogen and oxygen atoms in total. The summed E-state index contributed by atoms with van der Waals surface area (Å²) in [5.41, 5.74) is 3.95. The molecule has 3 rings (SSSR count). The highest BCUT2D eigenvalue weighted by molar-refractivity contribution is 5.28. The Morgan fingerprint density at radius 1 is 1.23 bits per heavy atom. The van der Waals surface area contributed by atoms with Gasteiger partial charge in [0.25, 0.3) is 0 Å². The zero-order valence-electron chi connectivity index (χ0n) is 16.3. The maximum atomic E-state index is 12.9. The van der Waals surface area contributed by atoms with Gasteiger partial charge in [0.1, 0.15) is 0 Å². The molecule has 0 aromatic rings. The number of fused-ring (bicyclic) bond motifs is 1. The Balaban J connectivity index is 1.74. The van der Waals surface area contributed by atoms with Gasteiger partial charge in [0.05, 0.1) is 6.10 Å². The summed E-state index contributed by atoms with van der Waals surface area (Å²) in [6, 6.07) is 0. The first-order valence-corrected chi connectivity index (χ1v) is 10.3. The fraction of sp³-hybridized carbons (Fsp3) is 0.739. The molecule has 3 aliphatic rings. The second kappa shape index (κ2) is 7.96. The van der Waals surface area contributed by atoms with Crippen molar-refractivity contribution in [2.45, 2.75) is 84.2 Å². The Kier molecular flexibility index (Phi) is 6.06. The second-order valence-corrected chi connectivity index (χ2v) is 9.14. The van der Waals surface area contributed by atoms with Gasteiger partial charge in [0.2, 0.25) is 6.43 Å². The molecule has 0 spiro atoms. The SMILES string of the molecule is C=C1CC/C(=C/C=C2\CCCC3(C)C2CCC3[C@@H](C)CC(F)F)CC1O. The molecule has 0 aromatic heterocycles. The van der Waals surface area contributed by atoms with Gasteiger partial charge in [-0.15, -0.1) is 0 Å². The van der Waals surface area contributed by atoms with E-state index in [1.807, 2.05) is 6.92 Å². The highest BCUT2D eigenvalue weighted by Gasteiger charge is 2.50. The normalized spacial score (nSPS) is 39.6. The van der Waals surface area contributed by atoms with Crippen molar-refractivity contribution in [1.82, 2.24) is 0 Å². The van der Waals surface area contributed by atoms with Crippen molar-refractivity contribution in [2.75, 3.05) is 0 Å². The molecule has 3 fully saturated rings. The van der Waals surface area contributed by atoms with Crippen LogP contribution < -0.4 is 0 Å². The quantitative estimate of drug-likeness (QED) is 0.569. The minimum atomic E-state index is -2.19. The van der Waals surface area contributed by atoms with Gasteiger partial charge in [-0.05, 0) is 80.1 Å². The van der Waals surface area contributed by atoms with Crippen molar-refractivity contribution in [1.29, 1.82) is 0 Å². The van der Waals surface area contributed by atoms with Crippen LogP contribution in [-0.2, 0) is 0 Å². The van der Waals surface area contributed by atoms with E-state index in [9.17, 15) is 13.9 Å². The van der Waals surface area contributed by atoms with Crippen LogP contribution in [0.4, 0.5) is 8.78 Å². The van der Waals surface area contributed by atoms with Crippen molar-refractivity contribution >= 4 is 0 Å². The van der Waals surface area contributed by atoms with Crippen molar-refractivity contribution in [3.8, 4) is 0 Å². The zero-order chi connectivity index (χ0) is 18.9. The molecule has 26 heavy (non-hydrogen) atoms. The lowest BCUT2D eigenvalue weighted by Crippen LogP contribution is -2.36. The van der Waals surface area contributed by atoms with E-state index in [4.69, 9.17) is 0 Å². The fourth-order valence-corrected chi connectivity index (χ4v) is 6.02. The standard InChI is InChI=1S/C23H34F2O/c1-15-6-7-17(14-21(15)26)8-9-18-5-4-12-23(3)19(10-11-20(18)23)16(2)13-22(24)25/h8-9,16,19-22,26H,1,4-7,10-14H2,2-3H3/b17-8-,18-9+/t16-,19?,20?,21?,23?/m0/s1. The number of aliphatic hydroxyl groups is 1. The van der Waals surface area contributed by atoms with Crippen molar-refractivity contribution in [3.63, 3.8) is 0 Å². The largest absolute Gasteiger partial charge is 0.388 e. The summed E-state index contributed by atoms with van der Waals surface area (Å²) in [6.45, 7) is 8.31. The smallest absolute Gasteiger partial charge is 0.238 e. The van der Waals surface area contributed by atoms with E-state index in [0.717, 1.165) is 37.7 Å². The first-order chi connectivity index (χ1) is 12.3. The molecule has 0 radical (unpaired) electrons. The molecule has 3 saturated carbocycles. The summed E-state index contributed by atoms with van der Waals surface area (Å²) in [5.74, 6) is 1.06. The maximum Gasteiger partial charge on any atom is 0.238 e. The van der Waals surface area contributed by atoms with Crippen LogP contribution in [-0.4, -0.2) is 17.6 Å². The molecule has 3 aliphatic carbocycles. The highest BCUT2D eigenvalue weighted by atomic mass is 19.3. The number of aliphatic hydroxyl groups excluding tert-OH is 1. The minimum absolute atomic E-state index is 0.0395. The van der Waals surface area contributed by atoms with E-state index in [1.165, 1.54) is 24.0 Å². The molecule has 3 heteroatoms. The number of hydrogen-bond donors (Lipinski definition) is 1.